The minimum atomic E-state index is -0.729. The van der Waals surface area contributed by atoms with Crippen LogP contribution in [0.5, 0.6) is 11.5 Å². The molecule has 0 spiro atoms. The van der Waals surface area contributed by atoms with Crippen molar-refractivity contribution >= 4 is 40.7 Å². The van der Waals surface area contributed by atoms with Gasteiger partial charge < -0.3 is 25.4 Å². The molecule has 0 saturated heterocycles. The van der Waals surface area contributed by atoms with Crippen molar-refractivity contribution in [3.8, 4) is 11.5 Å². The summed E-state index contributed by atoms with van der Waals surface area (Å²) in [5.41, 5.74) is 1.15. The number of fused-ring (bicyclic) bond motifs is 1. The van der Waals surface area contributed by atoms with Crippen LogP contribution in [-0.4, -0.2) is 37.6 Å². The molecule has 0 fully saturated rings. The highest BCUT2D eigenvalue weighted by Crippen LogP contribution is 2.31. The first-order chi connectivity index (χ1) is 14.8. The van der Waals surface area contributed by atoms with Gasteiger partial charge in [0.25, 0.3) is 11.8 Å². The Morgan fingerprint density at radius 2 is 2.06 bits per heavy atom. The molecule has 0 radical (unpaired) electrons. The molecule has 1 aliphatic heterocycles. The number of hydrogen-bond acceptors (Lipinski definition) is 5. The highest BCUT2D eigenvalue weighted by atomic mass is 35.5. The Morgan fingerprint density at radius 1 is 1.26 bits per heavy atom. The van der Waals surface area contributed by atoms with Crippen LogP contribution in [-0.2, 0) is 9.59 Å². The summed E-state index contributed by atoms with van der Waals surface area (Å²) in [5, 5.41) is 8.94. The minimum Gasteiger partial charge on any atom is -0.484 e. The third-order valence-electron chi connectivity index (χ3n) is 4.29. The van der Waals surface area contributed by atoms with E-state index in [2.05, 4.69) is 22.5 Å². The molecule has 1 atom stereocenters. The summed E-state index contributed by atoms with van der Waals surface area (Å²) in [7, 11) is 0. The van der Waals surface area contributed by atoms with Crippen LogP contribution in [0.3, 0.4) is 0 Å². The monoisotopic (exact) mass is 467 g/mol. The molecule has 0 bridgehead atoms. The fourth-order valence-electron chi connectivity index (χ4n) is 2.72. The van der Waals surface area contributed by atoms with Gasteiger partial charge in [-0.25, -0.2) is 4.39 Å². The Kier molecular flexibility index (Phi) is 7.59. The standard InChI is InChI=1S/C21H20Cl2FN3O4/c1-12(6-7-25-20(28)11-30-14-3-4-15(23)16(24)9-14)27-21(29)19-10-26-17-8-13(22)2-5-18(17)31-19/h2-5,8-9,19,26H,1,6-7,10-11H2,(H,25,28)(H,27,29)/t19-/m1/s1. The maximum atomic E-state index is 13.3. The van der Waals surface area contributed by atoms with Crippen molar-refractivity contribution in [3.05, 3.63) is 64.5 Å². The first-order valence-electron chi connectivity index (χ1n) is 9.35. The molecule has 0 aliphatic carbocycles. The summed E-state index contributed by atoms with van der Waals surface area (Å²) in [5.74, 6) is -0.647. The van der Waals surface area contributed by atoms with E-state index in [9.17, 15) is 14.0 Å². The third kappa shape index (κ3) is 6.50. The second-order valence-electron chi connectivity index (χ2n) is 6.69. The molecule has 3 N–H and O–H groups in total. The van der Waals surface area contributed by atoms with Gasteiger partial charge in [0.2, 0.25) is 0 Å². The molecule has 164 valence electrons. The van der Waals surface area contributed by atoms with Crippen molar-refractivity contribution in [2.24, 2.45) is 0 Å². The zero-order chi connectivity index (χ0) is 22.4. The number of carbonyl (C=O) groups is 2. The van der Waals surface area contributed by atoms with E-state index in [0.717, 1.165) is 11.8 Å². The lowest BCUT2D eigenvalue weighted by molar-refractivity contribution is -0.126. The number of carbonyl (C=O) groups excluding carboxylic acids is 2. The van der Waals surface area contributed by atoms with Crippen molar-refractivity contribution in [2.45, 2.75) is 12.5 Å². The van der Waals surface area contributed by atoms with Gasteiger partial charge in [0.15, 0.2) is 12.7 Å². The Bertz CT molecular complexity index is 1000. The molecule has 1 heterocycles. The third-order valence-corrected chi connectivity index (χ3v) is 4.83. The van der Waals surface area contributed by atoms with Crippen molar-refractivity contribution < 1.29 is 23.5 Å². The molecule has 0 unspecified atom stereocenters. The van der Waals surface area contributed by atoms with Gasteiger partial charge in [-0.1, -0.05) is 29.8 Å². The van der Waals surface area contributed by atoms with Crippen LogP contribution in [0.1, 0.15) is 6.42 Å². The van der Waals surface area contributed by atoms with E-state index in [0.29, 0.717) is 22.9 Å². The van der Waals surface area contributed by atoms with Crippen molar-refractivity contribution in [2.75, 3.05) is 25.0 Å². The first kappa shape index (κ1) is 22.7. The zero-order valence-corrected chi connectivity index (χ0v) is 17.9. The largest absolute Gasteiger partial charge is 0.484 e. The molecule has 0 saturated carbocycles. The van der Waals surface area contributed by atoms with Crippen molar-refractivity contribution in [1.29, 1.82) is 0 Å². The van der Waals surface area contributed by atoms with E-state index in [1.807, 2.05) is 0 Å². The van der Waals surface area contributed by atoms with E-state index in [1.165, 1.54) is 12.1 Å². The van der Waals surface area contributed by atoms with Crippen LogP contribution < -0.4 is 25.4 Å². The van der Waals surface area contributed by atoms with Gasteiger partial charge in [0.05, 0.1) is 17.3 Å². The molecule has 1 aliphatic rings. The Hall–Kier alpha value is -2.97. The van der Waals surface area contributed by atoms with Crippen LogP contribution >= 0.6 is 23.2 Å². The molecular weight excluding hydrogens is 448 g/mol. The molecular formula is C21H20Cl2FN3O4. The minimum absolute atomic E-state index is 0.0274. The van der Waals surface area contributed by atoms with Gasteiger partial charge in [0.1, 0.15) is 17.3 Å². The molecule has 31 heavy (non-hydrogen) atoms. The normalized spacial score (nSPS) is 14.5. The molecule has 2 aromatic rings. The molecule has 2 aromatic carbocycles. The summed E-state index contributed by atoms with van der Waals surface area (Å²) >= 11 is 11.5. The van der Waals surface area contributed by atoms with Crippen LogP contribution in [0.4, 0.5) is 10.1 Å². The SMILES string of the molecule is C=C(CCNC(=O)COc1ccc(Cl)c(F)c1)NC(=O)[C@H]1CNc2cc(Cl)ccc2O1. The number of anilines is 1. The highest BCUT2D eigenvalue weighted by molar-refractivity contribution is 6.31. The average Bonchev–Trinajstić information content (AvgIpc) is 2.74. The topological polar surface area (TPSA) is 88.7 Å². The summed E-state index contributed by atoms with van der Waals surface area (Å²) in [6.45, 7) is 4.03. The van der Waals surface area contributed by atoms with E-state index in [4.69, 9.17) is 32.7 Å². The number of amides is 2. The van der Waals surface area contributed by atoms with Gasteiger partial charge in [0, 0.05) is 29.8 Å². The smallest absolute Gasteiger partial charge is 0.267 e. The Morgan fingerprint density at radius 3 is 2.84 bits per heavy atom. The lowest BCUT2D eigenvalue weighted by Gasteiger charge is -2.27. The van der Waals surface area contributed by atoms with Gasteiger partial charge in [-0.05, 0) is 30.3 Å². The number of nitrogens with one attached hydrogen (secondary N) is 3. The van der Waals surface area contributed by atoms with E-state index < -0.39 is 17.8 Å². The fourth-order valence-corrected chi connectivity index (χ4v) is 3.01. The number of benzene rings is 2. The zero-order valence-electron chi connectivity index (χ0n) is 16.3. The average molecular weight is 468 g/mol. The summed E-state index contributed by atoms with van der Waals surface area (Å²) < 4.78 is 24.2. The number of rotatable bonds is 8. The predicted octanol–water partition coefficient (Wildman–Crippen LogP) is 3.52. The second kappa shape index (κ2) is 10.4. The fraction of sp³-hybridized carbons (Fsp3) is 0.238. The number of hydrogen-bond donors (Lipinski definition) is 3. The van der Waals surface area contributed by atoms with Gasteiger partial charge in [-0.3, -0.25) is 9.59 Å². The van der Waals surface area contributed by atoms with E-state index >= 15 is 0 Å². The van der Waals surface area contributed by atoms with Crippen LogP contribution in [0, 0.1) is 5.82 Å². The van der Waals surface area contributed by atoms with Gasteiger partial charge in [-0.15, -0.1) is 0 Å². The van der Waals surface area contributed by atoms with Gasteiger partial charge >= 0.3 is 0 Å². The van der Waals surface area contributed by atoms with Crippen molar-refractivity contribution in [1.82, 2.24) is 10.6 Å². The lowest BCUT2D eigenvalue weighted by atomic mass is 10.2. The molecule has 0 aromatic heterocycles. The number of ether oxygens (including phenoxy) is 2. The maximum absolute atomic E-state index is 13.3. The van der Waals surface area contributed by atoms with Crippen LogP contribution in [0.15, 0.2) is 48.7 Å². The molecule has 7 nitrogen and oxygen atoms in total. The summed E-state index contributed by atoms with van der Waals surface area (Å²) in [6.07, 6.45) is -0.410. The lowest BCUT2D eigenvalue weighted by Crippen LogP contribution is -2.44. The van der Waals surface area contributed by atoms with E-state index in [1.54, 1.807) is 18.2 Å². The quantitative estimate of drug-likeness (QED) is 0.552. The number of halogens is 3. The first-order valence-corrected chi connectivity index (χ1v) is 10.1. The predicted molar refractivity (Wildman–Crippen MR) is 116 cm³/mol. The maximum Gasteiger partial charge on any atom is 0.267 e. The summed E-state index contributed by atoms with van der Waals surface area (Å²) in [4.78, 5) is 24.2. The van der Waals surface area contributed by atoms with Crippen LogP contribution in [0.2, 0.25) is 10.0 Å². The second-order valence-corrected chi connectivity index (χ2v) is 7.53. The van der Waals surface area contributed by atoms with E-state index in [-0.39, 0.29) is 36.4 Å². The summed E-state index contributed by atoms with van der Waals surface area (Å²) in [6, 6.07) is 9.00. The van der Waals surface area contributed by atoms with Gasteiger partial charge in [-0.2, -0.15) is 0 Å². The van der Waals surface area contributed by atoms with Crippen molar-refractivity contribution in [3.63, 3.8) is 0 Å². The Labute approximate surface area is 188 Å². The highest BCUT2D eigenvalue weighted by Gasteiger charge is 2.26. The molecule has 3 rings (SSSR count). The molecule has 10 heteroatoms. The van der Waals surface area contributed by atoms with Crippen LogP contribution in [0.25, 0.3) is 0 Å². The molecule has 2 amide bonds. The Balaban J connectivity index is 1.36.